The summed E-state index contributed by atoms with van der Waals surface area (Å²) >= 11 is 0. The van der Waals surface area contributed by atoms with Crippen LogP contribution < -0.4 is 5.59 Å². The molecule has 4 heteroatoms. The van der Waals surface area contributed by atoms with E-state index in [0.29, 0.717) is 0 Å². The molecular weight excluding hydrogens is 309 g/mol. The van der Waals surface area contributed by atoms with Gasteiger partial charge in [-0.25, -0.2) is 0 Å². The van der Waals surface area contributed by atoms with Crippen LogP contribution in [0.15, 0.2) is 42.6 Å². The van der Waals surface area contributed by atoms with Gasteiger partial charge in [-0.2, -0.15) is 0 Å². The highest BCUT2D eigenvalue weighted by Crippen LogP contribution is 2.36. The highest BCUT2D eigenvalue weighted by Gasteiger charge is 2.52. The molecule has 132 valence electrons. The Balaban J connectivity index is 1.88. The number of hydrogen-bond acceptors (Lipinski definition) is 3. The topological polar surface area (TPSA) is 31.4 Å². The maximum atomic E-state index is 6.12. The Morgan fingerprint density at radius 1 is 0.840 bits per heavy atom. The average molecular weight is 337 g/mol. The first-order valence-corrected chi connectivity index (χ1v) is 8.92. The Morgan fingerprint density at radius 3 is 1.92 bits per heavy atom. The third-order valence-corrected chi connectivity index (χ3v) is 5.36. The molecule has 0 N–H and O–H groups in total. The molecule has 3 nitrogen and oxygen atoms in total. The smallest absolute Gasteiger partial charge is 0.398 e. The summed E-state index contributed by atoms with van der Waals surface area (Å²) in [6.07, 6.45) is 1.83. The van der Waals surface area contributed by atoms with Crippen molar-refractivity contribution in [1.29, 1.82) is 0 Å². The molecule has 25 heavy (non-hydrogen) atoms. The second-order valence-corrected chi connectivity index (χ2v) is 8.88. The predicted molar refractivity (Wildman–Crippen MR) is 104 cm³/mol. The van der Waals surface area contributed by atoms with Gasteiger partial charge in [-0.15, -0.1) is 0 Å². The molecule has 1 aliphatic heterocycles. The van der Waals surface area contributed by atoms with Gasteiger partial charge in [0.05, 0.1) is 16.8 Å². The second-order valence-electron chi connectivity index (χ2n) is 8.88. The maximum absolute atomic E-state index is 6.12. The van der Waals surface area contributed by atoms with Gasteiger partial charge in [-0.05, 0) is 61.9 Å². The first kappa shape index (κ1) is 18.2. The SMILES string of the molecule is CC(C)(C)c1ccc(-c2ccnc(B3OC(C)(C)C(C)(C)O3)c2)cc1. The minimum Gasteiger partial charge on any atom is -0.398 e. The molecular formula is C21H28BNO2. The van der Waals surface area contributed by atoms with Crippen LogP contribution in [0.25, 0.3) is 11.1 Å². The lowest BCUT2D eigenvalue weighted by Gasteiger charge is -2.32. The van der Waals surface area contributed by atoms with E-state index in [-0.39, 0.29) is 16.6 Å². The number of pyridine rings is 1. The van der Waals surface area contributed by atoms with Gasteiger partial charge in [0, 0.05) is 6.20 Å². The van der Waals surface area contributed by atoms with Crippen LogP contribution in [0.1, 0.15) is 54.0 Å². The van der Waals surface area contributed by atoms with E-state index in [9.17, 15) is 0 Å². The summed E-state index contributed by atoms with van der Waals surface area (Å²) in [5.74, 6) is 0. The zero-order chi connectivity index (χ0) is 18.5. The van der Waals surface area contributed by atoms with Gasteiger partial charge in [0.25, 0.3) is 0 Å². The van der Waals surface area contributed by atoms with Crippen molar-refractivity contribution in [2.24, 2.45) is 0 Å². The maximum Gasteiger partial charge on any atom is 0.514 e. The van der Waals surface area contributed by atoms with E-state index in [4.69, 9.17) is 9.31 Å². The summed E-state index contributed by atoms with van der Waals surface area (Å²) in [4.78, 5) is 4.48. The largest absolute Gasteiger partial charge is 0.514 e. The lowest BCUT2D eigenvalue weighted by Crippen LogP contribution is -2.41. The number of nitrogens with zero attached hydrogens (tertiary/aromatic N) is 1. The zero-order valence-corrected chi connectivity index (χ0v) is 16.4. The number of hydrogen-bond donors (Lipinski definition) is 0. The Hall–Kier alpha value is -1.65. The van der Waals surface area contributed by atoms with Crippen molar-refractivity contribution in [3.05, 3.63) is 48.2 Å². The lowest BCUT2D eigenvalue weighted by atomic mass is 9.82. The second kappa shape index (κ2) is 5.96. The van der Waals surface area contributed by atoms with Gasteiger partial charge >= 0.3 is 7.12 Å². The van der Waals surface area contributed by atoms with Crippen molar-refractivity contribution >= 4 is 12.7 Å². The third kappa shape index (κ3) is 3.51. The normalized spacial score (nSPS) is 19.2. The molecule has 0 atom stereocenters. The van der Waals surface area contributed by atoms with E-state index < -0.39 is 7.12 Å². The van der Waals surface area contributed by atoms with Crippen LogP contribution in [0.3, 0.4) is 0 Å². The monoisotopic (exact) mass is 337 g/mol. The fourth-order valence-electron chi connectivity index (χ4n) is 2.88. The number of benzene rings is 1. The molecule has 1 fully saturated rings. The van der Waals surface area contributed by atoms with Gasteiger partial charge in [0.1, 0.15) is 0 Å². The van der Waals surface area contributed by atoms with Crippen molar-refractivity contribution in [3.63, 3.8) is 0 Å². The van der Waals surface area contributed by atoms with Crippen LogP contribution in [-0.4, -0.2) is 23.3 Å². The number of rotatable bonds is 2. The molecule has 0 bridgehead atoms. The standard InChI is InChI=1S/C21H28BNO2/c1-19(2,3)17-10-8-15(9-11-17)16-12-13-23-18(14-16)22-24-20(4,5)21(6,7)25-22/h8-14H,1-7H3. The Bertz CT molecular complexity index is 744. The summed E-state index contributed by atoms with van der Waals surface area (Å²) in [5, 5.41) is 0. The molecule has 1 aliphatic rings. The Labute approximate surface area is 151 Å². The van der Waals surface area contributed by atoms with E-state index >= 15 is 0 Å². The molecule has 1 aromatic carbocycles. The van der Waals surface area contributed by atoms with Crippen LogP contribution in [0, 0.1) is 0 Å². The molecule has 2 heterocycles. The first-order valence-electron chi connectivity index (χ1n) is 8.92. The van der Waals surface area contributed by atoms with E-state index in [2.05, 4.69) is 83.8 Å². The minimum atomic E-state index is -0.432. The van der Waals surface area contributed by atoms with Crippen molar-refractivity contribution < 1.29 is 9.31 Å². The van der Waals surface area contributed by atoms with Crippen molar-refractivity contribution in [1.82, 2.24) is 4.98 Å². The summed E-state index contributed by atoms with van der Waals surface area (Å²) < 4.78 is 12.2. The van der Waals surface area contributed by atoms with Crippen LogP contribution in [0.5, 0.6) is 0 Å². The lowest BCUT2D eigenvalue weighted by molar-refractivity contribution is 0.00578. The summed E-state index contributed by atoms with van der Waals surface area (Å²) in [7, 11) is -0.432. The van der Waals surface area contributed by atoms with Crippen LogP contribution in [0.4, 0.5) is 0 Å². The Kier molecular flexibility index (Phi) is 4.33. The molecule has 1 aromatic heterocycles. The van der Waals surface area contributed by atoms with Crippen LogP contribution in [0.2, 0.25) is 0 Å². The van der Waals surface area contributed by atoms with Gasteiger partial charge in [-0.1, -0.05) is 45.0 Å². The molecule has 0 amide bonds. The zero-order valence-electron chi connectivity index (χ0n) is 16.4. The fraction of sp³-hybridized carbons (Fsp3) is 0.476. The minimum absolute atomic E-state index is 0.157. The molecule has 0 unspecified atom stereocenters. The predicted octanol–water partition coefficient (Wildman–Crippen LogP) is 4.35. The van der Waals surface area contributed by atoms with E-state index in [0.717, 1.165) is 11.2 Å². The van der Waals surface area contributed by atoms with Crippen LogP contribution >= 0.6 is 0 Å². The van der Waals surface area contributed by atoms with Gasteiger partial charge < -0.3 is 9.31 Å². The highest BCUT2D eigenvalue weighted by molar-refractivity contribution is 6.61. The van der Waals surface area contributed by atoms with E-state index in [1.54, 1.807) is 0 Å². The van der Waals surface area contributed by atoms with E-state index in [1.807, 2.05) is 12.3 Å². The van der Waals surface area contributed by atoms with Gasteiger partial charge in [0.15, 0.2) is 0 Å². The van der Waals surface area contributed by atoms with Crippen molar-refractivity contribution in [3.8, 4) is 11.1 Å². The first-order chi connectivity index (χ1) is 11.5. The number of aromatic nitrogens is 1. The molecule has 0 saturated carbocycles. The quantitative estimate of drug-likeness (QED) is 0.764. The molecule has 0 aliphatic carbocycles. The fourth-order valence-corrected chi connectivity index (χ4v) is 2.88. The summed E-state index contributed by atoms with van der Waals surface area (Å²) in [5.41, 5.74) is 3.89. The summed E-state index contributed by atoms with van der Waals surface area (Å²) in [6.45, 7) is 14.9. The van der Waals surface area contributed by atoms with Gasteiger partial charge in [-0.3, -0.25) is 4.98 Å². The molecule has 3 rings (SSSR count). The van der Waals surface area contributed by atoms with Crippen LogP contribution in [-0.2, 0) is 14.7 Å². The van der Waals surface area contributed by atoms with Crippen molar-refractivity contribution in [2.75, 3.05) is 0 Å². The third-order valence-electron chi connectivity index (χ3n) is 5.36. The molecule has 1 saturated heterocycles. The molecule has 2 aromatic rings. The highest BCUT2D eigenvalue weighted by atomic mass is 16.7. The van der Waals surface area contributed by atoms with Gasteiger partial charge in [0.2, 0.25) is 0 Å². The molecule has 0 spiro atoms. The van der Waals surface area contributed by atoms with E-state index in [1.165, 1.54) is 11.1 Å². The van der Waals surface area contributed by atoms with Crippen molar-refractivity contribution in [2.45, 2.75) is 65.1 Å². The molecule has 0 radical (unpaired) electrons. The average Bonchev–Trinajstić information content (AvgIpc) is 2.75. The summed E-state index contributed by atoms with van der Waals surface area (Å²) in [6, 6.07) is 12.8. The Morgan fingerprint density at radius 2 is 1.40 bits per heavy atom.